The molecule has 15 heavy (non-hydrogen) atoms. The molecule has 1 heterocycles. The molecule has 0 unspecified atom stereocenters. The standard InChI is InChI=1S/C10H18N4O/c1-8-9(7-12-14(8)3)10(15)13(2)6-4-5-11/h7H,4-6,11H2,1-3H3. The van der Waals surface area contributed by atoms with E-state index < -0.39 is 0 Å². The van der Waals surface area contributed by atoms with Gasteiger partial charge in [-0.05, 0) is 19.9 Å². The summed E-state index contributed by atoms with van der Waals surface area (Å²) in [6.45, 7) is 3.17. The first-order chi connectivity index (χ1) is 7.07. The third-order valence-corrected chi connectivity index (χ3v) is 2.51. The van der Waals surface area contributed by atoms with Crippen LogP contribution in [0.4, 0.5) is 0 Å². The van der Waals surface area contributed by atoms with E-state index >= 15 is 0 Å². The highest BCUT2D eigenvalue weighted by Crippen LogP contribution is 2.08. The zero-order chi connectivity index (χ0) is 11.4. The van der Waals surface area contributed by atoms with Gasteiger partial charge in [-0.2, -0.15) is 5.10 Å². The molecule has 0 aliphatic heterocycles. The predicted octanol–water partition coefficient (Wildman–Crippen LogP) is 0.149. The van der Waals surface area contributed by atoms with E-state index in [1.54, 1.807) is 22.8 Å². The van der Waals surface area contributed by atoms with Crippen LogP contribution < -0.4 is 5.73 Å². The first kappa shape index (κ1) is 11.7. The molecule has 2 N–H and O–H groups in total. The molecule has 0 saturated heterocycles. The molecule has 0 fully saturated rings. The van der Waals surface area contributed by atoms with Crippen LogP contribution in [0.1, 0.15) is 22.5 Å². The molecule has 0 spiro atoms. The number of nitrogens with two attached hydrogens (primary N) is 1. The van der Waals surface area contributed by atoms with Crippen molar-refractivity contribution in [2.24, 2.45) is 12.8 Å². The Bertz CT molecular complexity index is 345. The van der Waals surface area contributed by atoms with Crippen LogP contribution in [-0.4, -0.2) is 40.7 Å². The second-order valence-corrected chi connectivity index (χ2v) is 3.64. The Labute approximate surface area is 89.9 Å². The molecule has 5 nitrogen and oxygen atoms in total. The van der Waals surface area contributed by atoms with Crippen LogP contribution in [0.15, 0.2) is 6.20 Å². The van der Waals surface area contributed by atoms with Crippen LogP contribution in [0.3, 0.4) is 0 Å². The van der Waals surface area contributed by atoms with Gasteiger partial charge >= 0.3 is 0 Å². The minimum absolute atomic E-state index is 0.00838. The summed E-state index contributed by atoms with van der Waals surface area (Å²) in [5.41, 5.74) is 6.95. The van der Waals surface area contributed by atoms with Gasteiger partial charge in [0.2, 0.25) is 0 Å². The van der Waals surface area contributed by atoms with E-state index in [4.69, 9.17) is 5.73 Å². The van der Waals surface area contributed by atoms with Gasteiger partial charge in [-0.25, -0.2) is 0 Å². The van der Waals surface area contributed by atoms with Gasteiger partial charge in [0.15, 0.2) is 0 Å². The molecular formula is C10H18N4O. The number of hydrogen-bond acceptors (Lipinski definition) is 3. The number of hydrogen-bond donors (Lipinski definition) is 1. The molecule has 0 aliphatic rings. The third kappa shape index (κ3) is 2.56. The maximum atomic E-state index is 11.9. The highest BCUT2D eigenvalue weighted by atomic mass is 16.2. The molecule has 1 aromatic heterocycles. The van der Waals surface area contributed by atoms with Crippen LogP contribution in [0.25, 0.3) is 0 Å². The summed E-state index contributed by atoms with van der Waals surface area (Å²) in [7, 11) is 3.61. The summed E-state index contributed by atoms with van der Waals surface area (Å²) in [5, 5.41) is 4.04. The fourth-order valence-corrected chi connectivity index (χ4v) is 1.34. The summed E-state index contributed by atoms with van der Waals surface area (Å²) in [6.07, 6.45) is 2.43. The molecular weight excluding hydrogens is 192 g/mol. The lowest BCUT2D eigenvalue weighted by Gasteiger charge is -2.16. The van der Waals surface area contributed by atoms with Gasteiger partial charge in [-0.3, -0.25) is 9.48 Å². The first-order valence-corrected chi connectivity index (χ1v) is 5.02. The van der Waals surface area contributed by atoms with E-state index in [2.05, 4.69) is 5.10 Å². The highest BCUT2D eigenvalue weighted by molar-refractivity contribution is 5.94. The molecule has 0 aliphatic carbocycles. The molecule has 84 valence electrons. The van der Waals surface area contributed by atoms with Gasteiger partial charge in [0, 0.05) is 26.3 Å². The summed E-state index contributed by atoms with van der Waals surface area (Å²) in [4.78, 5) is 13.6. The number of aromatic nitrogens is 2. The Morgan fingerprint density at radius 1 is 1.67 bits per heavy atom. The number of amides is 1. The monoisotopic (exact) mass is 210 g/mol. The second kappa shape index (κ2) is 4.93. The lowest BCUT2D eigenvalue weighted by molar-refractivity contribution is 0.0793. The van der Waals surface area contributed by atoms with Crippen LogP contribution in [0.5, 0.6) is 0 Å². The first-order valence-electron chi connectivity index (χ1n) is 5.02. The fraction of sp³-hybridized carbons (Fsp3) is 0.600. The van der Waals surface area contributed by atoms with Gasteiger partial charge in [-0.15, -0.1) is 0 Å². The van der Waals surface area contributed by atoms with E-state index in [1.165, 1.54) is 0 Å². The van der Waals surface area contributed by atoms with Crippen molar-refractivity contribution in [2.45, 2.75) is 13.3 Å². The van der Waals surface area contributed by atoms with E-state index in [9.17, 15) is 4.79 Å². The second-order valence-electron chi connectivity index (χ2n) is 3.64. The van der Waals surface area contributed by atoms with E-state index in [1.807, 2.05) is 14.0 Å². The highest BCUT2D eigenvalue weighted by Gasteiger charge is 2.16. The number of carbonyl (C=O) groups excluding carboxylic acids is 1. The van der Waals surface area contributed by atoms with Crippen molar-refractivity contribution in [3.63, 3.8) is 0 Å². The lowest BCUT2D eigenvalue weighted by atomic mass is 10.2. The molecule has 0 radical (unpaired) electrons. The Balaban J connectivity index is 2.72. The zero-order valence-corrected chi connectivity index (χ0v) is 9.53. The maximum absolute atomic E-state index is 11.9. The molecule has 1 amide bonds. The van der Waals surface area contributed by atoms with E-state index in [0.717, 1.165) is 12.1 Å². The van der Waals surface area contributed by atoms with Crippen LogP contribution in [0, 0.1) is 6.92 Å². The van der Waals surface area contributed by atoms with Crippen molar-refractivity contribution < 1.29 is 4.79 Å². The summed E-state index contributed by atoms with van der Waals surface area (Å²) in [5.74, 6) is 0.00838. The van der Waals surface area contributed by atoms with Gasteiger partial charge in [0.1, 0.15) is 0 Å². The van der Waals surface area contributed by atoms with Crippen molar-refractivity contribution in [2.75, 3.05) is 20.1 Å². The van der Waals surface area contributed by atoms with Crippen LogP contribution in [-0.2, 0) is 7.05 Å². The van der Waals surface area contributed by atoms with Gasteiger partial charge in [0.25, 0.3) is 5.91 Å². The predicted molar refractivity (Wildman–Crippen MR) is 58.6 cm³/mol. The summed E-state index contributed by atoms with van der Waals surface area (Å²) >= 11 is 0. The Morgan fingerprint density at radius 2 is 2.33 bits per heavy atom. The SMILES string of the molecule is Cc1c(C(=O)N(C)CCCN)cnn1C. The smallest absolute Gasteiger partial charge is 0.257 e. The molecule has 1 rings (SSSR count). The topological polar surface area (TPSA) is 64.2 Å². The van der Waals surface area contributed by atoms with E-state index in [-0.39, 0.29) is 5.91 Å². The molecule has 0 saturated carbocycles. The molecule has 0 aromatic carbocycles. The average Bonchev–Trinajstić information content (AvgIpc) is 2.55. The van der Waals surface area contributed by atoms with Gasteiger partial charge < -0.3 is 10.6 Å². The lowest BCUT2D eigenvalue weighted by Crippen LogP contribution is -2.29. The Kier molecular flexibility index (Phi) is 3.85. The maximum Gasteiger partial charge on any atom is 0.257 e. The summed E-state index contributed by atoms with van der Waals surface area (Å²) < 4.78 is 1.70. The minimum atomic E-state index is 0.00838. The van der Waals surface area contributed by atoms with Crippen LogP contribution >= 0.6 is 0 Å². The van der Waals surface area contributed by atoms with Gasteiger partial charge in [0.05, 0.1) is 11.8 Å². The normalized spacial score (nSPS) is 10.4. The summed E-state index contributed by atoms with van der Waals surface area (Å²) in [6, 6.07) is 0. The van der Waals surface area contributed by atoms with Crippen molar-refractivity contribution in [1.82, 2.24) is 14.7 Å². The quantitative estimate of drug-likeness (QED) is 0.769. The molecule has 0 bridgehead atoms. The number of nitrogens with zero attached hydrogens (tertiary/aromatic N) is 3. The molecule has 0 atom stereocenters. The third-order valence-electron chi connectivity index (χ3n) is 2.51. The minimum Gasteiger partial charge on any atom is -0.342 e. The van der Waals surface area contributed by atoms with E-state index in [0.29, 0.717) is 18.7 Å². The molecule has 1 aromatic rings. The number of aryl methyl sites for hydroxylation is 1. The number of carbonyl (C=O) groups is 1. The van der Waals surface area contributed by atoms with Crippen molar-refractivity contribution >= 4 is 5.91 Å². The van der Waals surface area contributed by atoms with Gasteiger partial charge in [-0.1, -0.05) is 0 Å². The fourth-order valence-electron chi connectivity index (χ4n) is 1.34. The Hall–Kier alpha value is -1.36. The largest absolute Gasteiger partial charge is 0.342 e. The van der Waals surface area contributed by atoms with Crippen molar-refractivity contribution in [1.29, 1.82) is 0 Å². The zero-order valence-electron chi connectivity index (χ0n) is 9.53. The van der Waals surface area contributed by atoms with Crippen LogP contribution in [0.2, 0.25) is 0 Å². The molecule has 5 heteroatoms. The van der Waals surface area contributed by atoms with Crippen molar-refractivity contribution in [3.8, 4) is 0 Å². The average molecular weight is 210 g/mol. The van der Waals surface area contributed by atoms with Crippen molar-refractivity contribution in [3.05, 3.63) is 17.5 Å². The number of rotatable bonds is 4. The Morgan fingerprint density at radius 3 is 2.80 bits per heavy atom.